The van der Waals surface area contributed by atoms with E-state index in [0.717, 1.165) is 25.8 Å². The highest BCUT2D eigenvalue weighted by Crippen LogP contribution is 2.27. The Hall–Kier alpha value is -0.610. The van der Waals surface area contributed by atoms with Gasteiger partial charge in [0.15, 0.2) is 0 Å². The van der Waals surface area contributed by atoms with Gasteiger partial charge in [-0.2, -0.15) is 0 Å². The monoisotopic (exact) mass is 282 g/mol. The molecule has 0 radical (unpaired) electrons. The van der Waals surface area contributed by atoms with Gasteiger partial charge < -0.3 is 10.4 Å². The Morgan fingerprint density at radius 3 is 2.60 bits per heavy atom. The third kappa shape index (κ3) is 5.06. The van der Waals surface area contributed by atoms with Crippen LogP contribution in [0.5, 0.6) is 0 Å². The van der Waals surface area contributed by atoms with Crippen molar-refractivity contribution in [3.05, 3.63) is 0 Å². The molecule has 2 rings (SSSR count). The predicted molar refractivity (Wildman–Crippen MR) is 80.5 cm³/mol. The maximum absolute atomic E-state index is 12.2. The molecule has 2 aliphatic rings. The molecular weight excluding hydrogens is 252 g/mol. The summed E-state index contributed by atoms with van der Waals surface area (Å²) in [7, 11) is 0. The fourth-order valence-electron chi connectivity index (χ4n) is 3.22. The smallest absolute Gasteiger partial charge is 0.234 e. The van der Waals surface area contributed by atoms with E-state index in [9.17, 15) is 4.79 Å². The summed E-state index contributed by atoms with van der Waals surface area (Å²) >= 11 is 0. The second-order valence-corrected chi connectivity index (χ2v) is 6.57. The van der Waals surface area contributed by atoms with Gasteiger partial charge >= 0.3 is 0 Å². The van der Waals surface area contributed by atoms with Gasteiger partial charge in [-0.05, 0) is 51.0 Å². The summed E-state index contributed by atoms with van der Waals surface area (Å²) in [4.78, 5) is 14.5. The number of aliphatic hydroxyl groups excluding tert-OH is 1. The molecule has 0 saturated heterocycles. The van der Waals surface area contributed by atoms with Crippen molar-refractivity contribution in [2.45, 2.75) is 70.4 Å². The molecule has 0 aliphatic heterocycles. The molecule has 0 aromatic heterocycles. The lowest BCUT2D eigenvalue weighted by Gasteiger charge is -2.30. The van der Waals surface area contributed by atoms with Crippen LogP contribution >= 0.6 is 0 Å². The molecule has 2 aliphatic carbocycles. The van der Waals surface area contributed by atoms with Crippen LogP contribution in [0.3, 0.4) is 0 Å². The summed E-state index contributed by atoms with van der Waals surface area (Å²) in [5.74, 6) is 0.816. The molecule has 2 unspecified atom stereocenters. The molecule has 116 valence electrons. The summed E-state index contributed by atoms with van der Waals surface area (Å²) in [6, 6.07) is 0.998. The SMILES string of the molecule is CC1CCCCC1NC(=O)CN(CCCCO)C1CC1. The van der Waals surface area contributed by atoms with E-state index in [1.165, 1.54) is 32.1 Å². The average molecular weight is 282 g/mol. The maximum atomic E-state index is 12.2. The zero-order valence-corrected chi connectivity index (χ0v) is 12.8. The van der Waals surface area contributed by atoms with Gasteiger partial charge in [-0.15, -0.1) is 0 Å². The largest absolute Gasteiger partial charge is 0.396 e. The van der Waals surface area contributed by atoms with Gasteiger partial charge in [0.1, 0.15) is 0 Å². The van der Waals surface area contributed by atoms with Crippen molar-refractivity contribution in [2.75, 3.05) is 19.7 Å². The number of carbonyl (C=O) groups is 1. The molecule has 0 aromatic carbocycles. The minimum absolute atomic E-state index is 0.194. The molecule has 2 saturated carbocycles. The molecule has 4 nitrogen and oxygen atoms in total. The lowest BCUT2D eigenvalue weighted by atomic mass is 9.86. The van der Waals surface area contributed by atoms with Crippen LogP contribution in [0.25, 0.3) is 0 Å². The van der Waals surface area contributed by atoms with Crippen LogP contribution in [0, 0.1) is 5.92 Å². The topological polar surface area (TPSA) is 52.6 Å². The third-order valence-electron chi connectivity index (χ3n) is 4.72. The molecule has 1 amide bonds. The number of nitrogens with zero attached hydrogens (tertiary/aromatic N) is 1. The highest BCUT2D eigenvalue weighted by Gasteiger charge is 2.30. The quantitative estimate of drug-likeness (QED) is 0.669. The highest BCUT2D eigenvalue weighted by atomic mass is 16.2. The lowest BCUT2D eigenvalue weighted by molar-refractivity contribution is -0.123. The number of aliphatic hydroxyl groups is 1. The third-order valence-corrected chi connectivity index (χ3v) is 4.72. The number of carbonyl (C=O) groups excluding carboxylic acids is 1. The van der Waals surface area contributed by atoms with Gasteiger partial charge in [0.2, 0.25) is 5.91 Å². The van der Waals surface area contributed by atoms with Gasteiger partial charge in [0.05, 0.1) is 6.54 Å². The van der Waals surface area contributed by atoms with Crippen molar-refractivity contribution in [3.63, 3.8) is 0 Å². The van der Waals surface area contributed by atoms with Crippen LogP contribution in [0.2, 0.25) is 0 Å². The Bertz CT molecular complexity index is 305. The van der Waals surface area contributed by atoms with Crippen molar-refractivity contribution in [1.82, 2.24) is 10.2 Å². The Balaban J connectivity index is 1.73. The standard InChI is InChI=1S/C16H30N2O2/c1-13-6-2-3-7-15(13)17-16(20)12-18(14-8-9-14)10-4-5-11-19/h13-15,19H,2-12H2,1H3,(H,17,20). The van der Waals surface area contributed by atoms with Crippen molar-refractivity contribution in [2.24, 2.45) is 5.92 Å². The van der Waals surface area contributed by atoms with Crippen molar-refractivity contribution >= 4 is 5.91 Å². The van der Waals surface area contributed by atoms with E-state index < -0.39 is 0 Å². The van der Waals surface area contributed by atoms with Crippen LogP contribution in [-0.4, -0.2) is 47.7 Å². The zero-order valence-electron chi connectivity index (χ0n) is 12.8. The number of amides is 1. The van der Waals surface area contributed by atoms with E-state index in [-0.39, 0.29) is 12.5 Å². The zero-order chi connectivity index (χ0) is 14.4. The first-order valence-electron chi connectivity index (χ1n) is 8.35. The maximum Gasteiger partial charge on any atom is 0.234 e. The number of hydrogen-bond donors (Lipinski definition) is 2. The van der Waals surface area contributed by atoms with Gasteiger partial charge in [0.25, 0.3) is 0 Å². The van der Waals surface area contributed by atoms with Crippen LogP contribution in [0.4, 0.5) is 0 Å². The van der Waals surface area contributed by atoms with Crippen LogP contribution in [0.1, 0.15) is 58.3 Å². The fraction of sp³-hybridized carbons (Fsp3) is 0.938. The van der Waals surface area contributed by atoms with E-state index in [1.807, 2.05) is 0 Å². The Morgan fingerprint density at radius 2 is 1.95 bits per heavy atom. The summed E-state index contributed by atoms with van der Waals surface area (Å²) in [6.45, 7) is 3.99. The van der Waals surface area contributed by atoms with Crippen LogP contribution in [-0.2, 0) is 4.79 Å². The van der Waals surface area contributed by atoms with E-state index in [2.05, 4.69) is 17.1 Å². The molecule has 4 heteroatoms. The molecule has 2 N–H and O–H groups in total. The van der Waals surface area contributed by atoms with Gasteiger partial charge in [0, 0.05) is 18.7 Å². The van der Waals surface area contributed by atoms with Gasteiger partial charge in [-0.25, -0.2) is 0 Å². The summed E-state index contributed by atoms with van der Waals surface area (Å²) in [6.07, 6.45) is 9.22. The summed E-state index contributed by atoms with van der Waals surface area (Å²) in [5.41, 5.74) is 0. The summed E-state index contributed by atoms with van der Waals surface area (Å²) in [5, 5.41) is 12.1. The first kappa shape index (κ1) is 15.8. The van der Waals surface area contributed by atoms with E-state index in [1.54, 1.807) is 0 Å². The number of hydrogen-bond acceptors (Lipinski definition) is 3. The fourth-order valence-corrected chi connectivity index (χ4v) is 3.22. The molecule has 20 heavy (non-hydrogen) atoms. The Labute approximate surface area is 122 Å². The lowest BCUT2D eigenvalue weighted by Crippen LogP contribution is -2.46. The molecule has 0 spiro atoms. The van der Waals surface area contributed by atoms with Crippen molar-refractivity contribution in [1.29, 1.82) is 0 Å². The molecule has 0 aromatic rings. The first-order valence-corrected chi connectivity index (χ1v) is 8.35. The van der Waals surface area contributed by atoms with Crippen molar-refractivity contribution < 1.29 is 9.90 Å². The molecule has 2 atom stereocenters. The van der Waals surface area contributed by atoms with Gasteiger partial charge in [-0.3, -0.25) is 9.69 Å². The van der Waals surface area contributed by atoms with Gasteiger partial charge in [-0.1, -0.05) is 19.8 Å². The number of nitrogens with one attached hydrogen (secondary N) is 1. The normalized spacial score (nSPS) is 26.8. The number of rotatable bonds is 8. The van der Waals surface area contributed by atoms with Crippen molar-refractivity contribution in [3.8, 4) is 0 Å². The molecule has 2 fully saturated rings. The number of unbranched alkanes of at least 4 members (excludes halogenated alkanes) is 1. The Morgan fingerprint density at radius 1 is 1.20 bits per heavy atom. The molecule has 0 heterocycles. The second kappa shape index (κ2) is 7.99. The average Bonchev–Trinajstić information content (AvgIpc) is 3.25. The molecular formula is C16H30N2O2. The second-order valence-electron chi connectivity index (χ2n) is 6.57. The Kier molecular flexibility index (Phi) is 6.30. The predicted octanol–water partition coefficient (Wildman–Crippen LogP) is 1.92. The van der Waals surface area contributed by atoms with E-state index in [4.69, 9.17) is 5.11 Å². The van der Waals surface area contributed by atoms with Crippen LogP contribution in [0.15, 0.2) is 0 Å². The minimum atomic E-state index is 0.194. The van der Waals surface area contributed by atoms with Crippen LogP contribution < -0.4 is 5.32 Å². The highest BCUT2D eigenvalue weighted by molar-refractivity contribution is 5.78. The first-order chi connectivity index (χ1) is 9.70. The van der Waals surface area contributed by atoms with E-state index >= 15 is 0 Å². The van der Waals surface area contributed by atoms with E-state index in [0.29, 0.717) is 24.5 Å². The minimum Gasteiger partial charge on any atom is -0.396 e. The molecule has 0 bridgehead atoms. The summed E-state index contributed by atoms with van der Waals surface area (Å²) < 4.78 is 0.